The highest BCUT2D eigenvalue weighted by atomic mass is 35.5. The van der Waals surface area contributed by atoms with Crippen molar-refractivity contribution in [1.82, 2.24) is 10.2 Å². The highest BCUT2D eigenvalue weighted by molar-refractivity contribution is 5.85. The first kappa shape index (κ1) is 18.7. The zero-order valence-corrected chi connectivity index (χ0v) is 14.7. The molecule has 2 aliphatic heterocycles. The molecule has 130 valence electrons. The second kappa shape index (κ2) is 8.97. The van der Waals surface area contributed by atoms with Crippen molar-refractivity contribution in [2.75, 3.05) is 32.8 Å². The number of hydrogen-bond acceptors (Lipinski definition) is 3. The maximum absolute atomic E-state index is 13.5. The largest absolute Gasteiger partial charge is 0.378 e. The van der Waals surface area contributed by atoms with Crippen LogP contribution in [0.3, 0.4) is 0 Å². The fourth-order valence-corrected chi connectivity index (χ4v) is 3.75. The van der Waals surface area contributed by atoms with E-state index in [2.05, 4.69) is 17.1 Å². The van der Waals surface area contributed by atoms with Crippen molar-refractivity contribution in [3.8, 4) is 0 Å². The maximum atomic E-state index is 13.5. The van der Waals surface area contributed by atoms with E-state index in [0.717, 1.165) is 57.6 Å². The Labute approximate surface area is 145 Å². The second-order valence-corrected chi connectivity index (χ2v) is 6.56. The van der Waals surface area contributed by atoms with Gasteiger partial charge in [0.15, 0.2) is 0 Å². The van der Waals surface area contributed by atoms with Gasteiger partial charge in [0.2, 0.25) is 0 Å². The molecular weight excluding hydrogens is 315 g/mol. The molecule has 2 aliphatic rings. The third-order valence-corrected chi connectivity index (χ3v) is 5.01. The van der Waals surface area contributed by atoms with Crippen LogP contribution in [0.15, 0.2) is 24.3 Å². The number of nitrogens with zero attached hydrogens (tertiary/aromatic N) is 1. The summed E-state index contributed by atoms with van der Waals surface area (Å²) in [5.41, 5.74) is 1.09. The summed E-state index contributed by atoms with van der Waals surface area (Å²) in [7, 11) is 0. The zero-order chi connectivity index (χ0) is 15.4. The van der Waals surface area contributed by atoms with Crippen molar-refractivity contribution in [1.29, 1.82) is 0 Å². The van der Waals surface area contributed by atoms with Crippen LogP contribution in [0.5, 0.6) is 0 Å². The monoisotopic (exact) mass is 342 g/mol. The summed E-state index contributed by atoms with van der Waals surface area (Å²) in [5.74, 6) is 0.563. The molecular formula is C18H28ClFN2O. The summed E-state index contributed by atoms with van der Waals surface area (Å²) < 4.78 is 19.3. The Morgan fingerprint density at radius 1 is 1.39 bits per heavy atom. The fraction of sp³-hybridized carbons (Fsp3) is 0.667. The lowest BCUT2D eigenvalue weighted by molar-refractivity contribution is -0.0223. The number of nitrogens with one attached hydrogen (secondary N) is 1. The van der Waals surface area contributed by atoms with E-state index in [1.165, 1.54) is 6.07 Å². The third kappa shape index (κ3) is 4.90. The number of rotatable bonds is 4. The molecule has 1 aromatic rings. The second-order valence-electron chi connectivity index (χ2n) is 6.56. The predicted molar refractivity (Wildman–Crippen MR) is 93.6 cm³/mol. The van der Waals surface area contributed by atoms with Gasteiger partial charge in [-0.25, -0.2) is 4.39 Å². The molecule has 2 heterocycles. The Morgan fingerprint density at radius 2 is 2.26 bits per heavy atom. The van der Waals surface area contributed by atoms with Gasteiger partial charge < -0.3 is 10.1 Å². The van der Waals surface area contributed by atoms with Gasteiger partial charge in [-0.2, -0.15) is 0 Å². The highest BCUT2D eigenvalue weighted by Gasteiger charge is 2.29. The first-order chi connectivity index (χ1) is 10.8. The first-order valence-corrected chi connectivity index (χ1v) is 8.58. The van der Waals surface area contributed by atoms with E-state index in [1.54, 1.807) is 6.07 Å². The number of halogens is 2. The van der Waals surface area contributed by atoms with Crippen LogP contribution in [-0.4, -0.2) is 43.8 Å². The fourth-order valence-electron chi connectivity index (χ4n) is 3.75. The summed E-state index contributed by atoms with van der Waals surface area (Å²) in [5, 5.41) is 3.45. The Morgan fingerprint density at radius 3 is 3.04 bits per heavy atom. The number of hydrogen-bond donors (Lipinski definition) is 1. The molecule has 0 spiro atoms. The lowest BCUT2D eigenvalue weighted by atomic mass is 9.92. The standard InChI is InChI=1S/C18H27FN2O.ClH/c1-2-17-10-14(6-9-22-17)13-21-8-7-20-12-18(21)15-4-3-5-16(19)11-15;/h3-5,11,14,17-18,20H,2,6-10,12-13H2,1H3;1H. The van der Waals surface area contributed by atoms with Crippen LogP contribution < -0.4 is 5.32 Å². The van der Waals surface area contributed by atoms with Crippen LogP contribution in [0.25, 0.3) is 0 Å². The first-order valence-electron chi connectivity index (χ1n) is 8.58. The molecule has 3 rings (SSSR count). The van der Waals surface area contributed by atoms with E-state index in [4.69, 9.17) is 4.74 Å². The quantitative estimate of drug-likeness (QED) is 0.907. The summed E-state index contributed by atoms with van der Waals surface area (Å²) in [6.07, 6.45) is 3.84. The van der Waals surface area contributed by atoms with E-state index < -0.39 is 0 Å². The SMILES string of the molecule is CCC1CC(CN2CCNCC2c2cccc(F)c2)CCO1.Cl. The lowest BCUT2D eigenvalue weighted by Gasteiger charge is -2.40. The Bertz CT molecular complexity index is 488. The minimum Gasteiger partial charge on any atom is -0.378 e. The van der Waals surface area contributed by atoms with Crippen molar-refractivity contribution in [3.05, 3.63) is 35.6 Å². The molecule has 0 aliphatic carbocycles. The van der Waals surface area contributed by atoms with E-state index in [-0.39, 0.29) is 24.3 Å². The van der Waals surface area contributed by atoms with Crippen molar-refractivity contribution in [2.24, 2.45) is 5.92 Å². The molecule has 0 bridgehead atoms. The number of benzene rings is 1. The van der Waals surface area contributed by atoms with Gasteiger partial charge in [0.1, 0.15) is 5.82 Å². The molecule has 0 amide bonds. The van der Waals surface area contributed by atoms with E-state index in [9.17, 15) is 4.39 Å². The van der Waals surface area contributed by atoms with Gasteiger partial charge in [-0.1, -0.05) is 19.1 Å². The highest BCUT2D eigenvalue weighted by Crippen LogP contribution is 2.28. The van der Waals surface area contributed by atoms with Gasteiger partial charge in [0.25, 0.3) is 0 Å². The zero-order valence-electron chi connectivity index (χ0n) is 13.8. The molecule has 5 heteroatoms. The molecule has 0 radical (unpaired) electrons. The van der Waals surface area contributed by atoms with Crippen LogP contribution >= 0.6 is 12.4 Å². The molecule has 23 heavy (non-hydrogen) atoms. The molecule has 0 aromatic heterocycles. The van der Waals surface area contributed by atoms with Crippen LogP contribution in [0.1, 0.15) is 37.8 Å². The smallest absolute Gasteiger partial charge is 0.123 e. The predicted octanol–water partition coefficient (Wildman–Crippen LogP) is 3.40. The minimum atomic E-state index is -0.139. The number of ether oxygens (including phenoxy) is 1. The molecule has 2 fully saturated rings. The topological polar surface area (TPSA) is 24.5 Å². The van der Waals surface area contributed by atoms with Crippen LogP contribution in [0.4, 0.5) is 4.39 Å². The van der Waals surface area contributed by atoms with Crippen molar-refractivity contribution in [3.63, 3.8) is 0 Å². The Kier molecular flexibility index (Phi) is 7.28. The Hall–Kier alpha value is -0.680. The summed E-state index contributed by atoms with van der Waals surface area (Å²) in [6, 6.07) is 7.36. The molecule has 0 saturated carbocycles. The molecule has 3 unspecified atom stereocenters. The molecule has 2 saturated heterocycles. The van der Waals surface area contributed by atoms with Crippen molar-refractivity contribution >= 4 is 12.4 Å². The van der Waals surface area contributed by atoms with Gasteiger partial charge in [-0.3, -0.25) is 4.90 Å². The van der Waals surface area contributed by atoms with E-state index >= 15 is 0 Å². The van der Waals surface area contributed by atoms with E-state index in [1.807, 2.05) is 12.1 Å². The van der Waals surface area contributed by atoms with Gasteiger partial charge in [-0.15, -0.1) is 12.4 Å². The number of piperazine rings is 1. The van der Waals surface area contributed by atoms with Crippen LogP contribution in [0.2, 0.25) is 0 Å². The van der Waals surface area contributed by atoms with E-state index in [0.29, 0.717) is 12.0 Å². The molecule has 1 N–H and O–H groups in total. The molecule has 3 nitrogen and oxygen atoms in total. The van der Waals surface area contributed by atoms with Crippen LogP contribution in [0, 0.1) is 11.7 Å². The Balaban J connectivity index is 0.00000192. The van der Waals surface area contributed by atoms with Gasteiger partial charge in [-0.05, 0) is 42.9 Å². The van der Waals surface area contributed by atoms with Gasteiger partial charge in [0, 0.05) is 38.8 Å². The summed E-state index contributed by atoms with van der Waals surface area (Å²) >= 11 is 0. The lowest BCUT2D eigenvalue weighted by Crippen LogP contribution is -2.48. The third-order valence-electron chi connectivity index (χ3n) is 5.01. The van der Waals surface area contributed by atoms with Crippen molar-refractivity contribution < 1.29 is 9.13 Å². The summed E-state index contributed by atoms with van der Waals surface area (Å²) in [4.78, 5) is 2.54. The average Bonchev–Trinajstić information content (AvgIpc) is 2.55. The van der Waals surface area contributed by atoms with Crippen LogP contribution in [-0.2, 0) is 4.74 Å². The average molecular weight is 343 g/mol. The molecule has 3 atom stereocenters. The maximum Gasteiger partial charge on any atom is 0.123 e. The van der Waals surface area contributed by atoms with Gasteiger partial charge >= 0.3 is 0 Å². The summed E-state index contributed by atoms with van der Waals surface area (Å²) in [6.45, 7) is 7.15. The van der Waals surface area contributed by atoms with Gasteiger partial charge in [0.05, 0.1) is 6.10 Å². The van der Waals surface area contributed by atoms with Crippen molar-refractivity contribution in [2.45, 2.75) is 38.3 Å². The normalized spacial score (nSPS) is 29.0. The molecule has 1 aromatic carbocycles. The minimum absolute atomic E-state index is 0.